The molecule has 2 N–H and O–H groups in total. The van der Waals surface area contributed by atoms with Gasteiger partial charge in [-0.2, -0.15) is 0 Å². The van der Waals surface area contributed by atoms with Gasteiger partial charge in [0.15, 0.2) is 0 Å². The minimum Gasteiger partial charge on any atom is -0.375 e. The lowest BCUT2D eigenvalue weighted by Gasteiger charge is -2.48. The molecule has 2 fully saturated rings. The summed E-state index contributed by atoms with van der Waals surface area (Å²) in [5, 5.41) is 0. The van der Waals surface area contributed by atoms with E-state index in [1.165, 1.54) is 44.9 Å². The van der Waals surface area contributed by atoms with Gasteiger partial charge in [-0.3, -0.25) is 0 Å². The van der Waals surface area contributed by atoms with Gasteiger partial charge in [0.2, 0.25) is 0 Å². The lowest BCUT2D eigenvalue weighted by molar-refractivity contribution is -0.146. The first kappa shape index (κ1) is 12.4. The normalized spacial score (nSPS) is 30.4. The Morgan fingerprint density at radius 2 is 2.06 bits per heavy atom. The second-order valence-electron chi connectivity index (χ2n) is 6.27. The van der Waals surface area contributed by atoms with Crippen LogP contribution in [0.4, 0.5) is 0 Å². The molecule has 1 heterocycles. The summed E-state index contributed by atoms with van der Waals surface area (Å²) in [6.07, 6.45) is 8.78. The second-order valence-corrected chi connectivity index (χ2v) is 6.27. The van der Waals surface area contributed by atoms with Crippen LogP contribution >= 0.6 is 0 Å². The highest BCUT2D eigenvalue weighted by Crippen LogP contribution is 2.45. The van der Waals surface area contributed by atoms with Crippen LogP contribution in [0.1, 0.15) is 58.8 Å². The highest BCUT2D eigenvalue weighted by Gasteiger charge is 2.43. The van der Waals surface area contributed by atoms with Gasteiger partial charge in [0.1, 0.15) is 0 Å². The molecule has 0 radical (unpaired) electrons. The van der Waals surface area contributed by atoms with E-state index in [0.29, 0.717) is 12.0 Å². The van der Waals surface area contributed by atoms with Gasteiger partial charge in [0, 0.05) is 12.6 Å². The Hall–Kier alpha value is -0.0800. The van der Waals surface area contributed by atoms with Crippen LogP contribution in [0.25, 0.3) is 0 Å². The number of hydrogen-bond acceptors (Lipinski definition) is 2. The van der Waals surface area contributed by atoms with Crippen LogP contribution in [-0.4, -0.2) is 18.2 Å². The fourth-order valence-corrected chi connectivity index (χ4v) is 3.11. The minimum absolute atomic E-state index is 0.262. The van der Waals surface area contributed by atoms with Crippen LogP contribution in [0.2, 0.25) is 0 Å². The third-order valence-electron chi connectivity index (χ3n) is 4.48. The summed E-state index contributed by atoms with van der Waals surface area (Å²) in [7, 11) is 0. The molecule has 1 spiro atoms. The summed E-state index contributed by atoms with van der Waals surface area (Å²) in [5.41, 5.74) is 6.60. The maximum Gasteiger partial charge on any atom is 0.0685 e. The van der Waals surface area contributed by atoms with Gasteiger partial charge in [-0.25, -0.2) is 0 Å². The summed E-state index contributed by atoms with van der Waals surface area (Å²) in [6.45, 7) is 5.51. The van der Waals surface area contributed by atoms with E-state index in [2.05, 4.69) is 13.8 Å². The summed E-state index contributed by atoms with van der Waals surface area (Å²) in [5.74, 6) is 1.50. The fourth-order valence-electron chi connectivity index (χ4n) is 3.11. The molecular weight excluding hydrogens is 198 g/mol. The van der Waals surface area contributed by atoms with Gasteiger partial charge in [-0.15, -0.1) is 0 Å². The van der Waals surface area contributed by atoms with Crippen LogP contribution < -0.4 is 5.73 Å². The van der Waals surface area contributed by atoms with E-state index in [1.807, 2.05) is 0 Å². The molecule has 1 saturated heterocycles. The molecule has 1 saturated carbocycles. The smallest absolute Gasteiger partial charge is 0.0685 e. The van der Waals surface area contributed by atoms with Gasteiger partial charge in [-0.1, -0.05) is 13.8 Å². The van der Waals surface area contributed by atoms with Crippen molar-refractivity contribution < 1.29 is 4.74 Å². The maximum absolute atomic E-state index is 6.34. The van der Waals surface area contributed by atoms with Crippen molar-refractivity contribution in [2.24, 2.45) is 17.6 Å². The highest BCUT2D eigenvalue weighted by molar-refractivity contribution is 4.96. The third kappa shape index (κ3) is 2.78. The van der Waals surface area contributed by atoms with Crippen molar-refractivity contribution in [2.45, 2.75) is 70.4 Å². The molecule has 2 nitrogen and oxygen atoms in total. The van der Waals surface area contributed by atoms with Crippen LogP contribution in [-0.2, 0) is 4.74 Å². The molecule has 0 amide bonds. The molecule has 2 heteroatoms. The van der Waals surface area contributed by atoms with E-state index >= 15 is 0 Å². The highest BCUT2D eigenvalue weighted by atomic mass is 16.5. The Kier molecular flexibility index (Phi) is 3.91. The lowest BCUT2D eigenvalue weighted by atomic mass is 9.70. The van der Waals surface area contributed by atoms with E-state index in [1.54, 1.807) is 0 Å². The van der Waals surface area contributed by atoms with Crippen molar-refractivity contribution in [1.82, 2.24) is 0 Å². The van der Waals surface area contributed by atoms with E-state index in [-0.39, 0.29) is 5.60 Å². The fraction of sp³-hybridized carbons (Fsp3) is 1.00. The summed E-state index contributed by atoms with van der Waals surface area (Å²) in [4.78, 5) is 0. The van der Waals surface area contributed by atoms with Gasteiger partial charge >= 0.3 is 0 Å². The molecule has 0 aromatic carbocycles. The minimum atomic E-state index is 0.262. The molecule has 1 aliphatic carbocycles. The summed E-state index contributed by atoms with van der Waals surface area (Å²) in [6, 6.07) is 0.406. The van der Waals surface area contributed by atoms with Gasteiger partial charge < -0.3 is 10.5 Å². The van der Waals surface area contributed by atoms with E-state index < -0.39 is 0 Å². The zero-order valence-corrected chi connectivity index (χ0v) is 10.9. The van der Waals surface area contributed by atoms with E-state index in [4.69, 9.17) is 10.5 Å². The largest absolute Gasteiger partial charge is 0.375 e. The molecule has 0 aromatic heterocycles. The van der Waals surface area contributed by atoms with Crippen molar-refractivity contribution >= 4 is 0 Å². The first-order valence-electron chi connectivity index (χ1n) is 7.01. The standard InChI is InChI=1S/C14H27NO/c1-11(2)4-5-13(15)12-6-9-16-14(10-12)7-3-8-14/h11-13H,3-10,15H2,1-2H3. The third-order valence-corrected chi connectivity index (χ3v) is 4.48. The molecule has 2 aliphatic rings. The molecule has 1 aliphatic heterocycles. The Morgan fingerprint density at radius 1 is 1.31 bits per heavy atom. The second kappa shape index (κ2) is 5.05. The monoisotopic (exact) mass is 225 g/mol. The summed E-state index contributed by atoms with van der Waals surface area (Å²) < 4.78 is 5.95. The lowest BCUT2D eigenvalue weighted by Crippen LogP contribution is -2.49. The first-order chi connectivity index (χ1) is 7.61. The molecule has 94 valence electrons. The molecule has 2 atom stereocenters. The zero-order valence-electron chi connectivity index (χ0n) is 10.9. The topological polar surface area (TPSA) is 35.2 Å². The van der Waals surface area contributed by atoms with Crippen molar-refractivity contribution in [3.8, 4) is 0 Å². The Labute approximate surface area is 99.9 Å². The van der Waals surface area contributed by atoms with Crippen molar-refractivity contribution in [2.75, 3.05) is 6.61 Å². The Morgan fingerprint density at radius 3 is 2.62 bits per heavy atom. The predicted molar refractivity (Wildman–Crippen MR) is 67.3 cm³/mol. The molecule has 2 unspecified atom stereocenters. The van der Waals surface area contributed by atoms with Gasteiger partial charge in [0.05, 0.1) is 5.60 Å². The predicted octanol–water partition coefficient (Wildman–Crippen LogP) is 3.10. The van der Waals surface area contributed by atoms with Crippen LogP contribution in [0.3, 0.4) is 0 Å². The number of ether oxygens (including phenoxy) is 1. The quantitative estimate of drug-likeness (QED) is 0.798. The molecule has 2 rings (SSSR count). The van der Waals surface area contributed by atoms with Crippen molar-refractivity contribution in [3.05, 3.63) is 0 Å². The van der Waals surface area contributed by atoms with Gasteiger partial charge in [0.25, 0.3) is 0 Å². The number of hydrogen-bond donors (Lipinski definition) is 1. The Bertz CT molecular complexity index is 223. The first-order valence-corrected chi connectivity index (χ1v) is 7.01. The Balaban J connectivity index is 1.79. The zero-order chi connectivity index (χ0) is 11.6. The van der Waals surface area contributed by atoms with Gasteiger partial charge in [-0.05, 0) is 56.8 Å². The SMILES string of the molecule is CC(C)CCC(N)C1CCOC2(CCC2)C1. The van der Waals surface area contributed by atoms with Crippen LogP contribution in [0.5, 0.6) is 0 Å². The molecular formula is C14H27NO. The molecule has 0 bridgehead atoms. The molecule has 16 heavy (non-hydrogen) atoms. The number of rotatable bonds is 4. The maximum atomic E-state index is 6.34. The van der Waals surface area contributed by atoms with Crippen LogP contribution in [0.15, 0.2) is 0 Å². The van der Waals surface area contributed by atoms with E-state index in [9.17, 15) is 0 Å². The summed E-state index contributed by atoms with van der Waals surface area (Å²) >= 11 is 0. The van der Waals surface area contributed by atoms with E-state index in [0.717, 1.165) is 12.5 Å². The van der Waals surface area contributed by atoms with Crippen molar-refractivity contribution in [1.29, 1.82) is 0 Å². The average Bonchev–Trinajstić information content (AvgIpc) is 2.24. The average molecular weight is 225 g/mol. The van der Waals surface area contributed by atoms with Crippen LogP contribution in [0, 0.1) is 11.8 Å². The number of nitrogens with two attached hydrogens (primary N) is 1. The molecule has 0 aromatic rings. The van der Waals surface area contributed by atoms with Crippen molar-refractivity contribution in [3.63, 3.8) is 0 Å².